The largest absolute Gasteiger partial charge is 0.465 e. The zero-order chi connectivity index (χ0) is 8.97. The minimum atomic E-state index is -0.809. The van der Waals surface area contributed by atoms with Crippen molar-refractivity contribution in [3.63, 3.8) is 0 Å². The fourth-order valence-corrected chi connectivity index (χ4v) is 1.61. The minimum Gasteiger partial charge on any atom is -0.465 e. The van der Waals surface area contributed by atoms with E-state index in [2.05, 4.69) is 0 Å². The molecule has 0 aromatic rings. The minimum absolute atomic E-state index is 0.389. The number of carbonyl (C=O) groups is 1. The van der Waals surface area contributed by atoms with Gasteiger partial charge in [-0.25, -0.2) is 4.79 Å². The summed E-state index contributed by atoms with van der Waals surface area (Å²) in [5.41, 5.74) is 0. The summed E-state index contributed by atoms with van der Waals surface area (Å²) in [6.45, 7) is 1.97. The highest BCUT2D eigenvalue weighted by atomic mass is 16.5. The Balaban J connectivity index is 2.35. The van der Waals surface area contributed by atoms with Gasteiger partial charge in [0.2, 0.25) is 0 Å². The number of piperidine rings is 1. The van der Waals surface area contributed by atoms with Crippen molar-refractivity contribution in [3.05, 3.63) is 0 Å². The van der Waals surface area contributed by atoms with Gasteiger partial charge in [0.1, 0.15) is 0 Å². The number of ether oxygens (including phenoxy) is 1. The van der Waals surface area contributed by atoms with Crippen molar-refractivity contribution in [3.8, 4) is 0 Å². The topological polar surface area (TPSA) is 49.8 Å². The van der Waals surface area contributed by atoms with Gasteiger partial charge in [-0.1, -0.05) is 0 Å². The van der Waals surface area contributed by atoms with Gasteiger partial charge in [0.25, 0.3) is 0 Å². The van der Waals surface area contributed by atoms with Crippen LogP contribution in [0.15, 0.2) is 0 Å². The summed E-state index contributed by atoms with van der Waals surface area (Å²) in [6, 6.07) is 0. The molecule has 0 saturated carbocycles. The lowest BCUT2D eigenvalue weighted by Crippen LogP contribution is -2.40. The molecule has 4 heteroatoms. The molecule has 1 amide bonds. The lowest BCUT2D eigenvalue weighted by Gasteiger charge is -2.30. The van der Waals surface area contributed by atoms with Gasteiger partial charge >= 0.3 is 6.09 Å². The van der Waals surface area contributed by atoms with Gasteiger partial charge < -0.3 is 14.7 Å². The van der Waals surface area contributed by atoms with E-state index in [1.54, 1.807) is 7.11 Å². The standard InChI is InChI=1S/C8H15NO3/c1-12-6-7-3-2-4-9(5-7)8(10)11/h7H,2-6H2,1H3,(H,10,11)/t7-/m1/s1. The highest BCUT2D eigenvalue weighted by Crippen LogP contribution is 2.16. The van der Waals surface area contributed by atoms with Crippen LogP contribution in [0.4, 0.5) is 4.79 Å². The lowest BCUT2D eigenvalue weighted by atomic mass is 9.99. The number of nitrogens with zero attached hydrogens (tertiary/aromatic N) is 1. The number of methoxy groups -OCH3 is 1. The van der Waals surface area contributed by atoms with Crippen molar-refractivity contribution in [2.75, 3.05) is 26.8 Å². The smallest absolute Gasteiger partial charge is 0.407 e. The third-order valence-corrected chi connectivity index (χ3v) is 2.19. The van der Waals surface area contributed by atoms with Crippen LogP contribution in [0.5, 0.6) is 0 Å². The monoisotopic (exact) mass is 173 g/mol. The van der Waals surface area contributed by atoms with Crippen LogP contribution in [-0.4, -0.2) is 42.9 Å². The molecule has 4 nitrogen and oxygen atoms in total. The van der Waals surface area contributed by atoms with Crippen LogP contribution in [-0.2, 0) is 4.74 Å². The van der Waals surface area contributed by atoms with Crippen LogP contribution in [0.3, 0.4) is 0 Å². The Bertz CT molecular complexity index is 158. The molecule has 1 heterocycles. The molecule has 1 rings (SSSR count). The average molecular weight is 173 g/mol. The molecule has 1 N–H and O–H groups in total. The van der Waals surface area contributed by atoms with Gasteiger partial charge in [-0.2, -0.15) is 0 Å². The van der Waals surface area contributed by atoms with Gasteiger partial charge in [-0.15, -0.1) is 0 Å². The van der Waals surface area contributed by atoms with Crippen LogP contribution in [0.2, 0.25) is 0 Å². The van der Waals surface area contributed by atoms with Crippen molar-refractivity contribution >= 4 is 6.09 Å². The molecule has 0 unspecified atom stereocenters. The maximum Gasteiger partial charge on any atom is 0.407 e. The lowest BCUT2D eigenvalue weighted by molar-refractivity contribution is 0.0827. The summed E-state index contributed by atoms with van der Waals surface area (Å²) >= 11 is 0. The molecule has 0 spiro atoms. The van der Waals surface area contributed by atoms with Crippen molar-refractivity contribution < 1.29 is 14.6 Å². The fourth-order valence-electron chi connectivity index (χ4n) is 1.61. The molecular formula is C8H15NO3. The summed E-state index contributed by atoms with van der Waals surface area (Å²) in [5, 5.41) is 8.71. The molecule has 0 aromatic heterocycles. The fraction of sp³-hybridized carbons (Fsp3) is 0.875. The predicted molar refractivity (Wildman–Crippen MR) is 44.2 cm³/mol. The molecule has 1 aliphatic rings. The number of amides is 1. The Kier molecular flexibility index (Phi) is 3.34. The van der Waals surface area contributed by atoms with Crippen molar-refractivity contribution in [2.45, 2.75) is 12.8 Å². The molecule has 0 bridgehead atoms. The van der Waals surface area contributed by atoms with Crippen LogP contribution >= 0.6 is 0 Å². The van der Waals surface area contributed by atoms with Crippen LogP contribution in [0.1, 0.15) is 12.8 Å². The van der Waals surface area contributed by atoms with E-state index in [1.807, 2.05) is 0 Å². The van der Waals surface area contributed by atoms with Crippen molar-refractivity contribution in [1.29, 1.82) is 0 Å². The third kappa shape index (κ3) is 2.37. The molecule has 1 atom stereocenters. The number of likely N-dealkylation sites (tertiary alicyclic amines) is 1. The summed E-state index contributed by atoms with van der Waals surface area (Å²) in [7, 11) is 1.65. The zero-order valence-corrected chi connectivity index (χ0v) is 7.32. The SMILES string of the molecule is COC[C@@H]1CCCN(C(=O)O)C1. The predicted octanol–water partition coefficient (Wildman–Crippen LogP) is 1.02. The molecule has 12 heavy (non-hydrogen) atoms. The number of rotatable bonds is 2. The first-order valence-electron chi connectivity index (χ1n) is 4.21. The van der Waals surface area contributed by atoms with Crippen LogP contribution in [0.25, 0.3) is 0 Å². The Morgan fingerprint density at radius 2 is 2.50 bits per heavy atom. The highest BCUT2D eigenvalue weighted by molar-refractivity contribution is 5.65. The molecule has 0 aromatic carbocycles. The second-order valence-electron chi connectivity index (χ2n) is 3.19. The van der Waals surface area contributed by atoms with Gasteiger partial charge in [0, 0.05) is 26.1 Å². The number of hydrogen-bond donors (Lipinski definition) is 1. The van der Waals surface area contributed by atoms with Crippen molar-refractivity contribution in [2.24, 2.45) is 5.92 Å². The first-order valence-corrected chi connectivity index (χ1v) is 4.21. The molecule has 0 radical (unpaired) electrons. The number of hydrogen-bond acceptors (Lipinski definition) is 2. The van der Waals surface area contributed by atoms with E-state index < -0.39 is 6.09 Å². The third-order valence-electron chi connectivity index (χ3n) is 2.19. The van der Waals surface area contributed by atoms with E-state index in [0.29, 0.717) is 25.6 Å². The Hall–Kier alpha value is -0.770. The van der Waals surface area contributed by atoms with E-state index in [0.717, 1.165) is 12.8 Å². The van der Waals surface area contributed by atoms with Gasteiger partial charge in [0.05, 0.1) is 6.61 Å². The molecule has 1 aliphatic heterocycles. The Morgan fingerprint density at radius 3 is 3.08 bits per heavy atom. The highest BCUT2D eigenvalue weighted by Gasteiger charge is 2.22. The second-order valence-corrected chi connectivity index (χ2v) is 3.19. The zero-order valence-electron chi connectivity index (χ0n) is 7.32. The summed E-state index contributed by atoms with van der Waals surface area (Å²) in [5.74, 6) is 0.389. The van der Waals surface area contributed by atoms with Crippen LogP contribution < -0.4 is 0 Å². The maximum atomic E-state index is 10.6. The molecule has 1 fully saturated rings. The quantitative estimate of drug-likeness (QED) is 0.678. The van der Waals surface area contributed by atoms with Crippen LogP contribution in [0, 0.1) is 5.92 Å². The van der Waals surface area contributed by atoms with E-state index in [9.17, 15) is 4.79 Å². The number of carboxylic acid groups (broad SMARTS) is 1. The Labute approximate surface area is 72.1 Å². The molecule has 70 valence electrons. The van der Waals surface area contributed by atoms with E-state index >= 15 is 0 Å². The first kappa shape index (κ1) is 9.32. The summed E-state index contributed by atoms with van der Waals surface area (Å²) in [4.78, 5) is 12.1. The molecule has 1 saturated heterocycles. The molecule has 0 aliphatic carbocycles. The molecular weight excluding hydrogens is 158 g/mol. The van der Waals surface area contributed by atoms with E-state index in [4.69, 9.17) is 9.84 Å². The first-order chi connectivity index (χ1) is 5.74. The maximum absolute atomic E-state index is 10.6. The van der Waals surface area contributed by atoms with Gasteiger partial charge in [0.15, 0.2) is 0 Å². The van der Waals surface area contributed by atoms with Gasteiger partial charge in [-0.3, -0.25) is 0 Å². The van der Waals surface area contributed by atoms with E-state index in [-0.39, 0.29) is 0 Å². The van der Waals surface area contributed by atoms with Crippen molar-refractivity contribution in [1.82, 2.24) is 4.90 Å². The summed E-state index contributed by atoms with van der Waals surface area (Å²) in [6.07, 6.45) is 1.23. The normalized spacial score (nSPS) is 24.1. The summed E-state index contributed by atoms with van der Waals surface area (Å²) < 4.78 is 4.99. The average Bonchev–Trinajstić information content (AvgIpc) is 2.05. The Morgan fingerprint density at radius 1 is 1.75 bits per heavy atom. The van der Waals surface area contributed by atoms with E-state index in [1.165, 1.54) is 4.90 Å². The van der Waals surface area contributed by atoms with Gasteiger partial charge in [-0.05, 0) is 12.8 Å². The second kappa shape index (κ2) is 4.30.